The Bertz CT molecular complexity index is 381. The molecule has 0 aromatic heterocycles. The van der Waals surface area contributed by atoms with Crippen molar-refractivity contribution in [1.29, 1.82) is 0 Å². The second kappa shape index (κ2) is 21.6. The molecule has 0 spiro atoms. The molecule has 0 aliphatic carbocycles. The van der Waals surface area contributed by atoms with Crippen LogP contribution in [0.3, 0.4) is 0 Å². The van der Waals surface area contributed by atoms with E-state index >= 15 is 0 Å². The van der Waals surface area contributed by atoms with Gasteiger partial charge in [0.2, 0.25) is 0 Å². The van der Waals surface area contributed by atoms with Gasteiger partial charge in [-0.2, -0.15) is 0 Å². The number of carbonyl (C=O) groups excluding carboxylic acids is 1. The molecule has 0 amide bonds. The molecule has 0 bridgehead atoms. The van der Waals surface area contributed by atoms with Crippen molar-refractivity contribution in [3.05, 3.63) is 0 Å². The largest absolute Gasteiger partial charge is 0.479 e. The van der Waals surface area contributed by atoms with Crippen LogP contribution in [0.25, 0.3) is 0 Å². The summed E-state index contributed by atoms with van der Waals surface area (Å²) >= 11 is 0. The molecular weight excluding hydrogens is 364 g/mol. The van der Waals surface area contributed by atoms with Crippen LogP contribution in [-0.2, 0) is 14.3 Å². The average Bonchev–Trinajstić information content (AvgIpc) is 2.70. The fourth-order valence-corrected chi connectivity index (χ4v) is 3.67. The third-order valence-electron chi connectivity index (χ3n) is 5.60. The van der Waals surface area contributed by atoms with Gasteiger partial charge in [-0.1, -0.05) is 117 Å². The molecule has 0 radical (unpaired) electrons. The lowest BCUT2D eigenvalue weighted by Crippen LogP contribution is -2.27. The molecule has 29 heavy (non-hydrogen) atoms. The van der Waals surface area contributed by atoms with Crippen molar-refractivity contribution in [2.75, 3.05) is 0 Å². The number of hydrogen-bond donors (Lipinski definition) is 1. The molecule has 0 unspecified atom stereocenters. The van der Waals surface area contributed by atoms with Gasteiger partial charge in [-0.15, -0.1) is 0 Å². The normalized spacial score (nSPS) is 12.1. The third kappa shape index (κ3) is 20.0. The van der Waals surface area contributed by atoms with E-state index in [4.69, 9.17) is 4.74 Å². The maximum atomic E-state index is 11.9. The third-order valence-corrected chi connectivity index (χ3v) is 5.60. The predicted octanol–water partition coefficient (Wildman–Crippen LogP) is 7.82. The Hall–Kier alpha value is -1.06. The first kappa shape index (κ1) is 27.9. The van der Waals surface area contributed by atoms with Crippen LogP contribution in [0, 0.1) is 0 Å². The first-order valence-corrected chi connectivity index (χ1v) is 12.5. The maximum absolute atomic E-state index is 11.9. The number of unbranched alkanes of at least 4 members (excludes halogenated alkanes) is 16. The van der Waals surface area contributed by atoms with E-state index in [-0.39, 0.29) is 5.97 Å². The second-order valence-corrected chi connectivity index (χ2v) is 8.51. The molecule has 4 nitrogen and oxygen atoms in total. The molecule has 0 rings (SSSR count). The molecule has 1 N–H and O–H groups in total. The Balaban J connectivity index is 3.65. The minimum absolute atomic E-state index is 0.344. The van der Waals surface area contributed by atoms with Crippen LogP contribution < -0.4 is 0 Å². The second-order valence-electron chi connectivity index (χ2n) is 8.51. The van der Waals surface area contributed by atoms with Crippen LogP contribution in [0.5, 0.6) is 0 Å². The number of carboxylic acid groups (broad SMARTS) is 1. The van der Waals surface area contributed by atoms with Crippen molar-refractivity contribution in [1.82, 2.24) is 0 Å². The number of esters is 1. The number of hydrogen-bond acceptors (Lipinski definition) is 3. The summed E-state index contributed by atoms with van der Waals surface area (Å²) < 4.78 is 5.22. The molecule has 0 aromatic carbocycles. The molecular formula is C25H48O4. The summed E-state index contributed by atoms with van der Waals surface area (Å²) in [7, 11) is 0. The Morgan fingerprint density at radius 3 is 1.41 bits per heavy atom. The summed E-state index contributed by atoms with van der Waals surface area (Å²) in [5.74, 6) is -1.36. The molecule has 4 heteroatoms. The van der Waals surface area contributed by atoms with Crippen molar-refractivity contribution in [2.24, 2.45) is 0 Å². The lowest BCUT2D eigenvalue weighted by molar-refractivity contribution is -0.164. The smallest absolute Gasteiger partial charge is 0.345 e. The van der Waals surface area contributed by atoms with Crippen molar-refractivity contribution in [2.45, 2.75) is 148 Å². The fraction of sp³-hybridized carbons (Fsp3) is 0.920. The quantitative estimate of drug-likeness (QED) is 0.145. The monoisotopic (exact) mass is 412 g/mol. The zero-order valence-electron chi connectivity index (χ0n) is 19.4. The number of aliphatic carboxylic acids is 1. The van der Waals surface area contributed by atoms with Gasteiger partial charge in [-0.05, 0) is 19.3 Å². The van der Waals surface area contributed by atoms with E-state index in [0.717, 1.165) is 38.5 Å². The molecule has 0 aliphatic rings. The summed E-state index contributed by atoms with van der Waals surface area (Å²) in [6.07, 6.45) is 21.3. The van der Waals surface area contributed by atoms with Gasteiger partial charge < -0.3 is 9.84 Å². The molecule has 172 valence electrons. The lowest BCUT2D eigenvalue weighted by Gasteiger charge is -2.13. The van der Waals surface area contributed by atoms with Gasteiger partial charge in [-0.3, -0.25) is 4.79 Å². The van der Waals surface area contributed by atoms with Gasteiger partial charge >= 0.3 is 11.9 Å². The summed E-state index contributed by atoms with van der Waals surface area (Å²) in [5.41, 5.74) is 0. The number of ether oxygens (including phenoxy) is 1. The van der Waals surface area contributed by atoms with Gasteiger partial charge in [0.05, 0.1) is 0 Å². The van der Waals surface area contributed by atoms with Crippen LogP contribution in [-0.4, -0.2) is 23.1 Å². The van der Waals surface area contributed by atoms with Crippen LogP contribution in [0.1, 0.15) is 142 Å². The number of rotatable bonds is 22. The van der Waals surface area contributed by atoms with E-state index in [1.807, 2.05) is 0 Å². The van der Waals surface area contributed by atoms with Gasteiger partial charge in [0.15, 0.2) is 6.10 Å². The molecule has 0 fully saturated rings. The Morgan fingerprint density at radius 2 is 1.00 bits per heavy atom. The van der Waals surface area contributed by atoms with E-state index in [1.165, 1.54) is 77.0 Å². The first-order valence-electron chi connectivity index (χ1n) is 12.5. The predicted molar refractivity (Wildman–Crippen MR) is 121 cm³/mol. The highest BCUT2D eigenvalue weighted by atomic mass is 16.6. The van der Waals surface area contributed by atoms with Crippen molar-refractivity contribution >= 4 is 11.9 Å². The van der Waals surface area contributed by atoms with E-state index < -0.39 is 12.1 Å². The summed E-state index contributed by atoms with van der Waals surface area (Å²) in [5, 5.41) is 9.30. The molecule has 0 saturated heterocycles. The summed E-state index contributed by atoms with van der Waals surface area (Å²) in [6.45, 7) is 4.45. The highest BCUT2D eigenvalue weighted by Gasteiger charge is 2.21. The van der Waals surface area contributed by atoms with Gasteiger partial charge in [0.1, 0.15) is 0 Å². The topological polar surface area (TPSA) is 63.6 Å². The summed E-state index contributed by atoms with van der Waals surface area (Å²) in [6, 6.07) is 0. The van der Waals surface area contributed by atoms with Crippen molar-refractivity contribution < 1.29 is 19.4 Å². The van der Waals surface area contributed by atoms with Crippen LogP contribution in [0.2, 0.25) is 0 Å². The average molecular weight is 413 g/mol. The molecule has 0 heterocycles. The van der Waals surface area contributed by atoms with Gasteiger partial charge in [-0.25, -0.2) is 4.79 Å². The van der Waals surface area contributed by atoms with Gasteiger partial charge in [0.25, 0.3) is 0 Å². The zero-order chi connectivity index (χ0) is 21.6. The summed E-state index contributed by atoms with van der Waals surface area (Å²) in [4.78, 5) is 23.3. The molecule has 0 aromatic rings. The van der Waals surface area contributed by atoms with E-state index in [1.54, 1.807) is 0 Å². The van der Waals surface area contributed by atoms with E-state index in [0.29, 0.717) is 12.8 Å². The van der Waals surface area contributed by atoms with Crippen LogP contribution in [0.15, 0.2) is 0 Å². The fourth-order valence-electron chi connectivity index (χ4n) is 3.67. The number of carboxylic acids is 1. The van der Waals surface area contributed by atoms with Crippen molar-refractivity contribution in [3.8, 4) is 0 Å². The minimum atomic E-state index is -1.01. The zero-order valence-corrected chi connectivity index (χ0v) is 19.4. The Morgan fingerprint density at radius 1 is 0.621 bits per heavy atom. The van der Waals surface area contributed by atoms with Crippen LogP contribution >= 0.6 is 0 Å². The highest BCUT2D eigenvalue weighted by Crippen LogP contribution is 2.14. The van der Waals surface area contributed by atoms with E-state index in [9.17, 15) is 14.7 Å². The van der Waals surface area contributed by atoms with E-state index in [2.05, 4.69) is 13.8 Å². The molecule has 0 saturated carbocycles. The molecule has 0 aliphatic heterocycles. The Kier molecular flexibility index (Phi) is 20.9. The Labute approximate surface area is 180 Å². The van der Waals surface area contributed by atoms with Crippen molar-refractivity contribution in [3.63, 3.8) is 0 Å². The number of carbonyl (C=O) groups is 2. The standard InChI is InChI=1S/C25H48O4/c1-3-5-7-9-11-13-14-15-17-19-21-23(25(27)28)29-24(26)22-20-18-16-12-10-8-6-4-2/h23H,3-22H2,1-2H3,(H,27,28)/t23-/m1/s1. The molecule has 1 atom stereocenters. The van der Waals surface area contributed by atoms with Gasteiger partial charge in [0, 0.05) is 6.42 Å². The van der Waals surface area contributed by atoms with Crippen LogP contribution in [0.4, 0.5) is 0 Å². The minimum Gasteiger partial charge on any atom is -0.479 e. The lowest BCUT2D eigenvalue weighted by atomic mass is 10.0. The first-order chi connectivity index (χ1) is 14.1. The highest BCUT2D eigenvalue weighted by molar-refractivity contribution is 5.77. The SMILES string of the molecule is CCCCCCCCCCCC[C@@H](OC(=O)CCCCCCCCCC)C(=O)O. The maximum Gasteiger partial charge on any atom is 0.345 e.